The van der Waals surface area contributed by atoms with Gasteiger partial charge in [-0.3, -0.25) is 28.9 Å². The summed E-state index contributed by atoms with van der Waals surface area (Å²) < 4.78 is 11.7. The van der Waals surface area contributed by atoms with Crippen LogP contribution in [0.2, 0.25) is 0 Å². The fourth-order valence-corrected chi connectivity index (χ4v) is 8.51. The Morgan fingerprint density at radius 3 is 2.00 bits per heavy atom. The first-order valence-corrected chi connectivity index (χ1v) is 21.0. The Hall–Kier alpha value is -2.77. The van der Waals surface area contributed by atoms with Crippen molar-refractivity contribution in [3.8, 4) is 0 Å². The van der Waals surface area contributed by atoms with Gasteiger partial charge in [0.2, 0.25) is 23.6 Å². The molecule has 1 saturated carbocycles. The van der Waals surface area contributed by atoms with Crippen LogP contribution in [0.15, 0.2) is 0 Å². The third-order valence-electron chi connectivity index (χ3n) is 12.0. The van der Waals surface area contributed by atoms with E-state index < -0.39 is 47.8 Å². The van der Waals surface area contributed by atoms with Gasteiger partial charge in [-0.1, -0.05) is 82.6 Å². The van der Waals surface area contributed by atoms with Crippen LogP contribution in [-0.4, -0.2) is 122 Å². The number of carbonyl (C=O) groups is 5. The number of likely N-dealkylation sites (N-methyl/N-ethyl adjacent to an activating group) is 2. The second-order valence-corrected chi connectivity index (χ2v) is 18.7. The molecule has 1 aliphatic rings. The van der Waals surface area contributed by atoms with Gasteiger partial charge < -0.3 is 35.4 Å². The maximum atomic E-state index is 14.3. The van der Waals surface area contributed by atoms with Gasteiger partial charge in [-0.2, -0.15) is 0 Å². The average molecular weight is 796 g/mol. The highest BCUT2D eigenvalue weighted by Gasteiger charge is 2.59. The molecule has 13 nitrogen and oxygen atoms in total. The normalized spacial score (nSPS) is 21.4. The van der Waals surface area contributed by atoms with Gasteiger partial charge in [0, 0.05) is 27.8 Å². The molecule has 0 spiro atoms. The molecule has 0 aromatic carbocycles. The molecule has 1 aliphatic carbocycles. The van der Waals surface area contributed by atoms with E-state index in [4.69, 9.17) is 14.6 Å². The second kappa shape index (κ2) is 23.0. The predicted molar refractivity (Wildman–Crippen MR) is 222 cm³/mol. The van der Waals surface area contributed by atoms with E-state index in [9.17, 15) is 24.0 Å². The van der Waals surface area contributed by atoms with Crippen molar-refractivity contribution in [3.63, 3.8) is 0 Å². The maximum absolute atomic E-state index is 14.3. The minimum absolute atomic E-state index is 0.00422. The molecule has 10 atom stereocenters. The number of methoxy groups -OCH3 is 2. The monoisotopic (exact) mass is 796 g/mol. The molecule has 4 N–H and O–H groups in total. The van der Waals surface area contributed by atoms with Gasteiger partial charge in [-0.05, 0) is 87.6 Å². The molecule has 0 aromatic rings. The summed E-state index contributed by atoms with van der Waals surface area (Å²) in [5.41, 5.74) is -0.413. The van der Waals surface area contributed by atoms with E-state index in [1.807, 2.05) is 48.6 Å². The Balaban J connectivity index is 2.94. The van der Waals surface area contributed by atoms with Crippen molar-refractivity contribution in [3.05, 3.63) is 0 Å². The molecule has 0 saturated heterocycles. The molecule has 13 heteroatoms. The molecule has 0 aliphatic heterocycles. The van der Waals surface area contributed by atoms with Crippen molar-refractivity contribution in [2.75, 3.05) is 41.4 Å². The topological polar surface area (TPSA) is 167 Å². The van der Waals surface area contributed by atoms with Gasteiger partial charge >= 0.3 is 5.97 Å². The van der Waals surface area contributed by atoms with Crippen LogP contribution in [0.1, 0.15) is 128 Å². The summed E-state index contributed by atoms with van der Waals surface area (Å²) in [6, 6.07) is -2.55. The Labute approximate surface area is 339 Å². The fourth-order valence-electron chi connectivity index (χ4n) is 8.51. The van der Waals surface area contributed by atoms with Crippen molar-refractivity contribution in [2.24, 2.45) is 40.9 Å². The third kappa shape index (κ3) is 15.2. The second-order valence-electron chi connectivity index (χ2n) is 18.7. The van der Waals surface area contributed by atoms with Gasteiger partial charge in [0.05, 0.1) is 36.1 Å². The molecule has 326 valence electrons. The molecular weight excluding hydrogens is 714 g/mol. The third-order valence-corrected chi connectivity index (χ3v) is 12.0. The number of nitrogens with one attached hydrogen (secondary N) is 3. The Morgan fingerprint density at radius 2 is 1.52 bits per heavy atom. The number of rotatable bonds is 26. The number of carbonyl (C=O) groups excluding carboxylic acids is 4. The van der Waals surface area contributed by atoms with Crippen LogP contribution in [0.25, 0.3) is 0 Å². The zero-order valence-corrected chi connectivity index (χ0v) is 37.9. The van der Waals surface area contributed by atoms with Gasteiger partial charge in [-0.25, -0.2) is 0 Å². The number of hydrogen-bond donors (Lipinski definition) is 4. The number of aliphatic carboxylic acids is 1. The first-order chi connectivity index (χ1) is 25.9. The van der Waals surface area contributed by atoms with Crippen LogP contribution in [-0.2, 0) is 33.4 Å². The minimum Gasteiger partial charge on any atom is -0.480 e. The first-order valence-electron chi connectivity index (χ1n) is 21.0. The SMILES string of the molecule is CC[C@H](C)[C@@H]([C@@H](CC(=O)NCCC[C@@H]1C[C@@]1(OC)[C@@H](C)C(=O)N[C@@H](C)C(=O)O)OC)N(C)C(=O)[C@@H](NC(=O)[C@H](C(C)C)N(C)CCC(C)CC(C)(C)C)C(C)C. The predicted octanol–water partition coefficient (Wildman–Crippen LogP) is 5.35. The lowest BCUT2D eigenvalue weighted by molar-refractivity contribution is -0.144. The number of ether oxygens (including phenoxy) is 2. The standard InChI is InChI=1S/C43H81N5O8/c1-17-29(7)37(33(55-15)23-34(49)44-21-18-19-32-25-43(32,56-16)30(8)38(50)45-31(9)41(53)54)48(14)40(52)35(26(2)3)46-39(51)36(27(4)5)47(13)22-20-28(6)24-42(10,11)12/h26-33,35-37H,17-25H2,1-16H3,(H,44,49)(H,45,50)(H,46,51)(H,53,54)/t28?,29-,30-,31-,32+,33+,35-,36-,37-,43+/m0/s1. The van der Waals surface area contributed by atoms with Crippen molar-refractivity contribution < 1.29 is 38.6 Å². The van der Waals surface area contributed by atoms with Crippen LogP contribution in [0, 0.1) is 40.9 Å². The van der Waals surface area contributed by atoms with E-state index in [0.717, 1.165) is 32.2 Å². The summed E-state index contributed by atoms with van der Waals surface area (Å²) in [7, 11) is 6.87. The van der Waals surface area contributed by atoms with Gasteiger partial charge in [-0.15, -0.1) is 0 Å². The highest BCUT2D eigenvalue weighted by atomic mass is 16.5. The number of hydrogen-bond acceptors (Lipinski definition) is 8. The van der Waals surface area contributed by atoms with Crippen molar-refractivity contribution >= 4 is 29.6 Å². The molecule has 4 amide bonds. The fraction of sp³-hybridized carbons (Fsp3) is 0.884. The number of nitrogens with zero attached hydrogens (tertiary/aromatic N) is 2. The van der Waals surface area contributed by atoms with E-state index in [2.05, 4.69) is 48.5 Å². The highest BCUT2D eigenvalue weighted by molar-refractivity contribution is 5.90. The van der Waals surface area contributed by atoms with Crippen molar-refractivity contribution in [1.82, 2.24) is 25.8 Å². The molecule has 1 rings (SSSR count). The van der Waals surface area contributed by atoms with Crippen LogP contribution in [0.3, 0.4) is 0 Å². The van der Waals surface area contributed by atoms with Crippen LogP contribution >= 0.6 is 0 Å². The molecule has 0 radical (unpaired) electrons. The van der Waals surface area contributed by atoms with E-state index in [-0.39, 0.29) is 59.1 Å². The Bertz CT molecular complexity index is 1270. The van der Waals surface area contributed by atoms with Crippen LogP contribution in [0.5, 0.6) is 0 Å². The van der Waals surface area contributed by atoms with E-state index in [0.29, 0.717) is 25.3 Å². The van der Waals surface area contributed by atoms with Crippen molar-refractivity contribution in [2.45, 2.75) is 164 Å². The smallest absolute Gasteiger partial charge is 0.325 e. The molecule has 0 heterocycles. The largest absolute Gasteiger partial charge is 0.480 e. The molecule has 1 fully saturated rings. The number of carboxylic acids is 1. The summed E-state index contributed by atoms with van der Waals surface area (Å²) in [6.07, 6.45) is 4.40. The average Bonchev–Trinajstić information content (AvgIpc) is 3.83. The summed E-state index contributed by atoms with van der Waals surface area (Å²) in [5, 5.41) is 17.8. The summed E-state index contributed by atoms with van der Waals surface area (Å²) >= 11 is 0. The number of amides is 4. The lowest BCUT2D eigenvalue weighted by Gasteiger charge is -2.40. The van der Waals surface area contributed by atoms with E-state index >= 15 is 0 Å². The zero-order valence-electron chi connectivity index (χ0n) is 37.9. The zero-order chi connectivity index (χ0) is 43.3. The van der Waals surface area contributed by atoms with E-state index in [1.54, 1.807) is 33.1 Å². The van der Waals surface area contributed by atoms with E-state index in [1.165, 1.54) is 6.92 Å². The Morgan fingerprint density at radius 1 is 0.911 bits per heavy atom. The van der Waals surface area contributed by atoms with Gasteiger partial charge in [0.1, 0.15) is 12.1 Å². The van der Waals surface area contributed by atoms with Crippen molar-refractivity contribution in [1.29, 1.82) is 0 Å². The molecular formula is C43H81N5O8. The highest BCUT2D eigenvalue weighted by Crippen LogP contribution is 2.54. The lowest BCUT2D eigenvalue weighted by Crippen LogP contribution is -2.60. The summed E-state index contributed by atoms with van der Waals surface area (Å²) in [5.74, 6) is -2.03. The first kappa shape index (κ1) is 51.2. The molecule has 56 heavy (non-hydrogen) atoms. The lowest BCUT2D eigenvalue weighted by atomic mass is 9.84. The quantitative estimate of drug-likeness (QED) is 0.0845. The molecule has 1 unspecified atom stereocenters. The van der Waals surface area contributed by atoms with Crippen LogP contribution in [0.4, 0.5) is 0 Å². The summed E-state index contributed by atoms with van der Waals surface area (Å²) in [4.78, 5) is 69.2. The maximum Gasteiger partial charge on any atom is 0.325 e. The van der Waals surface area contributed by atoms with Crippen LogP contribution < -0.4 is 16.0 Å². The van der Waals surface area contributed by atoms with Gasteiger partial charge in [0.25, 0.3) is 0 Å². The number of carboxylic acid groups (broad SMARTS) is 1. The summed E-state index contributed by atoms with van der Waals surface area (Å²) in [6.45, 7) is 25.4. The molecule has 0 bridgehead atoms. The molecule has 0 aromatic heterocycles. The minimum atomic E-state index is -1.10. The Kier molecular flexibility index (Phi) is 21.0. The van der Waals surface area contributed by atoms with Gasteiger partial charge in [0.15, 0.2) is 0 Å².